The minimum Gasteiger partial charge on any atom is -0.406 e. The average molecular weight is 648 g/mol. The number of halogens is 3. The van der Waals surface area contributed by atoms with E-state index in [1.54, 1.807) is 36.0 Å². The quantitative estimate of drug-likeness (QED) is 0.210. The molecule has 0 radical (unpaired) electrons. The number of benzene rings is 3. The van der Waals surface area contributed by atoms with Crippen molar-refractivity contribution in [3.63, 3.8) is 0 Å². The van der Waals surface area contributed by atoms with Crippen LogP contribution in [0, 0.1) is 18.3 Å². The molecule has 2 heterocycles. The smallest absolute Gasteiger partial charge is 0.406 e. The van der Waals surface area contributed by atoms with Gasteiger partial charge in [-0.2, -0.15) is 10.3 Å². The van der Waals surface area contributed by atoms with Crippen molar-refractivity contribution in [1.29, 1.82) is 5.26 Å². The van der Waals surface area contributed by atoms with E-state index < -0.39 is 18.3 Å². The van der Waals surface area contributed by atoms with Crippen LogP contribution in [0.3, 0.4) is 0 Å². The van der Waals surface area contributed by atoms with Crippen LogP contribution in [0.2, 0.25) is 0 Å². The Balaban J connectivity index is 1.23. The van der Waals surface area contributed by atoms with Gasteiger partial charge in [0.15, 0.2) is 11.0 Å². The van der Waals surface area contributed by atoms with Gasteiger partial charge in [0.2, 0.25) is 0 Å². The Morgan fingerprint density at radius 1 is 1.13 bits per heavy atom. The van der Waals surface area contributed by atoms with Gasteiger partial charge < -0.3 is 15.0 Å². The van der Waals surface area contributed by atoms with E-state index in [0.717, 1.165) is 24.4 Å². The maximum atomic E-state index is 12.9. The molecule has 5 rings (SSSR count). The maximum Gasteiger partial charge on any atom is 0.573 e. The van der Waals surface area contributed by atoms with E-state index in [1.807, 2.05) is 6.07 Å². The molecule has 1 atom stereocenters. The third kappa shape index (κ3) is 7.87. The number of urea groups is 1. The normalized spacial score (nSPS) is 15.1. The van der Waals surface area contributed by atoms with E-state index in [4.69, 9.17) is 0 Å². The number of aromatic nitrogens is 3. The second kappa shape index (κ2) is 14.1. The summed E-state index contributed by atoms with van der Waals surface area (Å²) in [5.41, 5.74) is 5.39. The first kappa shape index (κ1) is 32.6. The summed E-state index contributed by atoms with van der Waals surface area (Å²) < 4.78 is 42.7. The van der Waals surface area contributed by atoms with E-state index in [-0.39, 0.29) is 12.3 Å². The number of aryl methyl sites for hydroxylation is 1. The fraction of sp³-hybridized carbons (Fsp3) is 0.303. The van der Waals surface area contributed by atoms with Crippen LogP contribution in [0.1, 0.15) is 48.8 Å². The molecule has 0 bridgehead atoms. The van der Waals surface area contributed by atoms with Crippen molar-refractivity contribution in [3.05, 3.63) is 89.7 Å². The van der Waals surface area contributed by atoms with Gasteiger partial charge in [0, 0.05) is 30.1 Å². The molecule has 0 spiro atoms. The van der Waals surface area contributed by atoms with Gasteiger partial charge in [-0.3, -0.25) is 0 Å². The van der Waals surface area contributed by atoms with Crippen LogP contribution in [0.15, 0.2) is 78.0 Å². The standard InChI is InChI=1S/C33H32F3N7O2S/c1-21(2)29-22(3)6-4-7-28(29)42-16-5-17-46-32(42)40-31(44)38-19-25(18-37)23-8-10-24(11-9-23)30-39-20-43(41-30)26-12-14-27(15-13-26)45-33(34,35)36/h4,6-15,20-21,25H,5,16-17,19H2,1-3H3,(H,38,44)/b40-32-. The van der Waals surface area contributed by atoms with Gasteiger partial charge in [-0.05, 0) is 66.3 Å². The van der Waals surface area contributed by atoms with Gasteiger partial charge in [-0.25, -0.2) is 14.5 Å². The molecule has 0 saturated carbocycles. The van der Waals surface area contributed by atoms with Crippen LogP contribution >= 0.6 is 11.8 Å². The van der Waals surface area contributed by atoms with Crippen molar-refractivity contribution in [2.45, 2.75) is 45.4 Å². The molecule has 2 amide bonds. The first-order valence-corrected chi connectivity index (χ1v) is 15.6. The highest BCUT2D eigenvalue weighted by molar-refractivity contribution is 8.14. The number of carbonyl (C=O) groups excluding carboxylic acids is 1. The predicted molar refractivity (Wildman–Crippen MR) is 172 cm³/mol. The highest BCUT2D eigenvalue weighted by Crippen LogP contribution is 2.34. The van der Waals surface area contributed by atoms with Crippen LogP contribution in [0.4, 0.5) is 23.7 Å². The molecule has 1 N–H and O–H groups in total. The van der Waals surface area contributed by atoms with E-state index in [0.29, 0.717) is 33.7 Å². The lowest BCUT2D eigenvalue weighted by Gasteiger charge is -2.32. The molecule has 0 aliphatic carbocycles. The summed E-state index contributed by atoms with van der Waals surface area (Å²) in [5.74, 6) is 0.633. The monoisotopic (exact) mass is 647 g/mol. The number of nitrogens with one attached hydrogen (secondary N) is 1. The summed E-state index contributed by atoms with van der Waals surface area (Å²) >= 11 is 1.55. The Labute approximate surface area is 269 Å². The third-order valence-electron chi connectivity index (χ3n) is 7.37. The van der Waals surface area contributed by atoms with Crippen molar-refractivity contribution in [2.75, 3.05) is 23.7 Å². The number of thioether (sulfide) groups is 1. The molecule has 3 aromatic carbocycles. The van der Waals surface area contributed by atoms with Gasteiger partial charge in [0.25, 0.3) is 0 Å². The molecule has 1 unspecified atom stereocenters. The summed E-state index contributed by atoms with van der Waals surface area (Å²) in [6.45, 7) is 7.27. The van der Waals surface area contributed by atoms with Crippen LogP contribution < -0.4 is 15.0 Å². The lowest BCUT2D eigenvalue weighted by Crippen LogP contribution is -2.37. The number of anilines is 1. The summed E-state index contributed by atoms with van der Waals surface area (Å²) in [5, 5.41) is 17.7. The van der Waals surface area contributed by atoms with Gasteiger partial charge in [0.1, 0.15) is 12.1 Å². The molecule has 13 heteroatoms. The Morgan fingerprint density at radius 2 is 1.87 bits per heavy atom. The van der Waals surface area contributed by atoms with Crippen molar-refractivity contribution in [3.8, 4) is 28.9 Å². The first-order valence-electron chi connectivity index (χ1n) is 14.7. The molecule has 1 aliphatic heterocycles. The summed E-state index contributed by atoms with van der Waals surface area (Å²) in [7, 11) is 0. The molecule has 1 aliphatic rings. The molecule has 1 saturated heterocycles. The zero-order valence-electron chi connectivity index (χ0n) is 25.5. The number of alkyl halides is 3. The average Bonchev–Trinajstić information content (AvgIpc) is 3.52. The molecule has 1 aromatic heterocycles. The molecule has 1 fully saturated rings. The zero-order chi connectivity index (χ0) is 32.8. The van der Waals surface area contributed by atoms with Gasteiger partial charge >= 0.3 is 12.4 Å². The van der Waals surface area contributed by atoms with Crippen LogP contribution in [-0.4, -0.2) is 51.2 Å². The minimum absolute atomic E-state index is 0.0821. The number of ether oxygens (including phenoxy) is 1. The molecule has 9 nitrogen and oxygen atoms in total. The van der Waals surface area contributed by atoms with Crippen LogP contribution in [-0.2, 0) is 0 Å². The number of amides is 2. The number of hydrogen-bond acceptors (Lipinski definition) is 6. The SMILES string of the molecule is Cc1cccc(N2CCCS/C2=N\C(=O)NCC(C#N)c2ccc(-c3ncn(-c4ccc(OC(F)(F)F)cc4)n3)cc2)c1C(C)C. The second-order valence-corrected chi connectivity index (χ2v) is 12.0. The molecule has 4 aromatic rings. The molecule has 46 heavy (non-hydrogen) atoms. The number of carbonyl (C=O) groups is 1. The number of amidine groups is 1. The molecular formula is C33H32F3N7O2S. The Bertz CT molecular complexity index is 1750. The number of aliphatic imine (C=N–C) groups is 1. The summed E-state index contributed by atoms with van der Waals surface area (Å²) in [6.07, 6.45) is -2.34. The molecular weight excluding hydrogens is 615 g/mol. The Kier molecular flexibility index (Phi) is 9.96. The lowest BCUT2D eigenvalue weighted by molar-refractivity contribution is -0.274. The molecule has 238 valence electrons. The third-order valence-corrected chi connectivity index (χ3v) is 8.43. The van der Waals surface area contributed by atoms with Crippen molar-refractivity contribution < 1.29 is 22.7 Å². The maximum absolute atomic E-state index is 12.9. The largest absolute Gasteiger partial charge is 0.573 e. The fourth-order valence-electron chi connectivity index (χ4n) is 5.27. The van der Waals surface area contributed by atoms with Crippen molar-refractivity contribution >= 4 is 28.6 Å². The fourth-order valence-corrected chi connectivity index (χ4v) is 6.21. The topological polar surface area (TPSA) is 108 Å². The van der Waals surface area contributed by atoms with Crippen LogP contribution in [0.25, 0.3) is 17.1 Å². The highest BCUT2D eigenvalue weighted by Gasteiger charge is 2.31. The van der Waals surface area contributed by atoms with E-state index in [9.17, 15) is 23.2 Å². The van der Waals surface area contributed by atoms with Crippen molar-refractivity contribution in [1.82, 2.24) is 20.1 Å². The second-order valence-electron chi connectivity index (χ2n) is 11.0. The van der Waals surface area contributed by atoms with Gasteiger partial charge in [-0.15, -0.1) is 18.3 Å². The number of hydrogen-bond donors (Lipinski definition) is 1. The summed E-state index contributed by atoms with van der Waals surface area (Å²) in [4.78, 5) is 23.7. The lowest BCUT2D eigenvalue weighted by atomic mass is 9.95. The number of nitrogens with zero attached hydrogens (tertiary/aromatic N) is 6. The summed E-state index contributed by atoms with van der Waals surface area (Å²) in [6, 6.07) is 20.3. The van der Waals surface area contributed by atoms with Crippen molar-refractivity contribution in [2.24, 2.45) is 4.99 Å². The van der Waals surface area contributed by atoms with Crippen LogP contribution in [0.5, 0.6) is 5.75 Å². The Morgan fingerprint density at radius 3 is 2.54 bits per heavy atom. The van der Waals surface area contributed by atoms with Gasteiger partial charge in [-0.1, -0.05) is 62.0 Å². The number of rotatable bonds is 8. The van der Waals surface area contributed by atoms with Gasteiger partial charge in [0.05, 0.1) is 17.7 Å². The van der Waals surface area contributed by atoms with E-state index in [1.165, 1.54) is 46.4 Å². The highest BCUT2D eigenvalue weighted by atomic mass is 32.2. The minimum atomic E-state index is -4.77. The predicted octanol–water partition coefficient (Wildman–Crippen LogP) is 7.58. The number of nitriles is 1. The Hall–Kier alpha value is -4.83. The van der Waals surface area contributed by atoms with E-state index >= 15 is 0 Å². The van der Waals surface area contributed by atoms with E-state index in [2.05, 4.69) is 69.0 Å². The zero-order valence-corrected chi connectivity index (χ0v) is 26.3. The first-order chi connectivity index (χ1) is 22.0.